The molecule has 1 fully saturated rings. The van der Waals surface area contributed by atoms with Crippen molar-refractivity contribution in [3.8, 4) is 0 Å². The molecule has 100 valence electrons. The molecule has 0 aromatic heterocycles. The number of rotatable bonds is 6. The Bertz CT molecular complexity index is 232. The lowest BCUT2D eigenvalue weighted by molar-refractivity contribution is -0.142. The van der Waals surface area contributed by atoms with E-state index >= 15 is 0 Å². The largest absolute Gasteiger partial charge is 0.468 e. The minimum atomic E-state index is -0.486. The van der Waals surface area contributed by atoms with E-state index in [0.717, 1.165) is 26.3 Å². The van der Waals surface area contributed by atoms with Gasteiger partial charge in [-0.25, -0.2) is 0 Å². The second-order valence-corrected chi connectivity index (χ2v) is 4.22. The van der Waals surface area contributed by atoms with Gasteiger partial charge in [-0.05, 0) is 6.92 Å². The predicted molar refractivity (Wildman–Crippen MR) is 62.7 cm³/mol. The first-order valence-corrected chi connectivity index (χ1v) is 5.93. The molecule has 1 saturated heterocycles. The van der Waals surface area contributed by atoms with E-state index in [0.29, 0.717) is 13.1 Å². The first-order chi connectivity index (χ1) is 8.13. The van der Waals surface area contributed by atoms with E-state index in [1.165, 1.54) is 7.11 Å². The second-order valence-electron chi connectivity index (χ2n) is 4.22. The smallest absolute Gasteiger partial charge is 0.322 e. The van der Waals surface area contributed by atoms with Gasteiger partial charge in [0.05, 0.1) is 26.4 Å². The lowest BCUT2D eigenvalue weighted by atomic mass is 10.2. The van der Waals surface area contributed by atoms with E-state index in [-0.39, 0.29) is 12.0 Å². The van der Waals surface area contributed by atoms with Crippen molar-refractivity contribution in [1.82, 2.24) is 10.2 Å². The maximum atomic E-state index is 11.1. The highest BCUT2D eigenvalue weighted by atomic mass is 16.5. The van der Waals surface area contributed by atoms with Crippen LogP contribution in [-0.2, 0) is 14.3 Å². The third-order valence-corrected chi connectivity index (χ3v) is 2.79. The molecule has 1 aliphatic heterocycles. The van der Waals surface area contributed by atoms with Crippen LogP contribution in [0.4, 0.5) is 0 Å². The molecular weight excluding hydrogens is 224 g/mol. The van der Waals surface area contributed by atoms with Gasteiger partial charge in [-0.15, -0.1) is 0 Å². The van der Waals surface area contributed by atoms with Gasteiger partial charge in [-0.2, -0.15) is 0 Å². The number of morpholine rings is 1. The molecule has 0 aromatic carbocycles. The van der Waals surface area contributed by atoms with Gasteiger partial charge in [0.25, 0.3) is 0 Å². The highest BCUT2D eigenvalue weighted by Gasteiger charge is 2.17. The number of nitrogens with one attached hydrogen (secondary N) is 1. The Balaban J connectivity index is 2.15. The molecule has 2 unspecified atom stereocenters. The van der Waals surface area contributed by atoms with Crippen molar-refractivity contribution in [2.75, 3.05) is 46.5 Å². The summed E-state index contributed by atoms with van der Waals surface area (Å²) in [5, 5.41) is 12.7. The van der Waals surface area contributed by atoms with Gasteiger partial charge >= 0.3 is 5.97 Å². The molecule has 6 heteroatoms. The number of hydrogen-bond donors (Lipinski definition) is 2. The molecule has 0 amide bonds. The van der Waals surface area contributed by atoms with Crippen molar-refractivity contribution in [3.05, 3.63) is 0 Å². The summed E-state index contributed by atoms with van der Waals surface area (Å²) in [5.41, 5.74) is 0. The van der Waals surface area contributed by atoms with Gasteiger partial charge < -0.3 is 19.9 Å². The van der Waals surface area contributed by atoms with E-state index in [4.69, 9.17) is 4.74 Å². The molecular formula is C11H22N2O4. The standard InChI is InChI=1S/C11H22N2O4/c1-9(11(15)16-2)12-7-10(14)8-13-3-5-17-6-4-13/h9-10,12,14H,3-8H2,1-2H3. The molecule has 6 nitrogen and oxygen atoms in total. The summed E-state index contributed by atoms with van der Waals surface area (Å²) in [6.45, 7) is 5.84. The molecule has 2 N–H and O–H groups in total. The predicted octanol–water partition coefficient (Wildman–Crippen LogP) is -1.17. The van der Waals surface area contributed by atoms with E-state index in [9.17, 15) is 9.90 Å². The van der Waals surface area contributed by atoms with Gasteiger partial charge in [0.1, 0.15) is 6.04 Å². The number of aliphatic hydroxyl groups is 1. The van der Waals surface area contributed by atoms with Crippen LogP contribution in [0, 0.1) is 0 Å². The fourth-order valence-corrected chi connectivity index (χ4v) is 1.72. The van der Waals surface area contributed by atoms with Crippen molar-refractivity contribution in [2.45, 2.75) is 19.1 Å². The van der Waals surface area contributed by atoms with Crippen LogP contribution in [0.2, 0.25) is 0 Å². The molecule has 0 saturated carbocycles. The Kier molecular flexibility index (Phi) is 6.43. The molecule has 0 aliphatic carbocycles. The molecule has 1 rings (SSSR count). The molecule has 1 aliphatic rings. The number of esters is 1. The van der Waals surface area contributed by atoms with Gasteiger partial charge in [-0.1, -0.05) is 0 Å². The number of carbonyl (C=O) groups excluding carboxylic acids is 1. The van der Waals surface area contributed by atoms with Crippen molar-refractivity contribution < 1.29 is 19.4 Å². The van der Waals surface area contributed by atoms with Crippen molar-refractivity contribution >= 4 is 5.97 Å². The van der Waals surface area contributed by atoms with Crippen LogP contribution >= 0.6 is 0 Å². The number of β-amino-alcohol motifs (C(OH)–C–C–N with tert-alkyl or cyclic N) is 1. The Morgan fingerprint density at radius 2 is 2.18 bits per heavy atom. The first kappa shape index (κ1) is 14.4. The highest BCUT2D eigenvalue weighted by molar-refractivity contribution is 5.75. The van der Waals surface area contributed by atoms with Crippen molar-refractivity contribution in [1.29, 1.82) is 0 Å². The summed E-state index contributed by atoms with van der Waals surface area (Å²) in [6.07, 6.45) is -0.486. The van der Waals surface area contributed by atoms with E-state index in [2.05, 4.69) is 15.0 Å². The zero-order chi connectivity index (χ0) is 12.7. The van der Waals surface area contributed by atoms with Crippen LogP contribution in [-0.4, -0.2) is 74.6 Å². The van der Waals surface area contributed by atoms with Gasteiger partial charge in [-0.3, -0.25) is 9.69 Å². The molecule has 0 bridgehead atoms. The van der Waals surface area contributed by atoms with E-state index in [1.807, 2.05) is 0 Å². The summed E-state index contributed by atoms with van der Waals surface area (Å²) < 4.78 is 9.81. The third kappa shape index (κ3) is 5.45. The molecule has 2 atom stereocenters. The van der Waals surface area contributed by atoms with Crippen LogP contribution in [0.25, 0.3) is 0 Å². The van der Waals surface area contributed by atoms with Crippen LogP contribution in [0.15, 0.2) is 0 Å². The quantitative estimate of drug-likeness (QED) is 0.576. The van der Waals surface area contributed by atoms with Crippen molar-refractivity contribution in [3.63, 3.8) is 0 Å². The Hall–Kier alpha value is -0.690. The van der Waals surface area contributed by atoms with Crippen LogP contribution in [0.5, 0.6) is 0 Å². The molecule has 0 aromatic rings. The Labute approximate surface area is 102 Å². The maximum absolute atomic E-state index is 11.1. The fraction of sp³-hybridized carbons (Fsp3) is 0.909. The topological polar surface area (TPSA) is 71.0 Å². The minimum absolute atomic E-state index is 0.316. The summed E-state index contributed by atoms with van der Waals surface area (Å²) in [5.74, 6) is -0.316. The Morgan fingerprint density at radius 3 is 2.76 bits per heavy atom. The van der Waals surface area contributed by atoms with E-state index < -0.39 is 6.10 Å². The number of aliphatic hydroxyl groups excluding tert-OH is 1. The van der Waals surface area contributed by atoms with Crippen LogP contribution in [0.3, 0.4) is 0 Å². The zero-order valence-corrected chi connectivity index (χ0v) is 10.5. The highest BCUT2D eigenvalue weighted by Crippen LogP contribution is 1.98. The number of carbonyl (C=O) groups is 1. The average Bonchev–Trinajstić information content (AvgIpc) is 2.36. The molecule has 0 spiro atoms. The first-order valence-electron chi connectivity index (χ1n) is 5.93. The number of methoxy groups -OCH3 is 1. The third-order valence-electron chi connectivity index (χ3n) is 2.79. The van der Waals surface area contributed by atoms with Gasteiger partial charge in [0, 0.05) is 26.2 Å². The minimum Gasteiger partial charge on any atom is -0.468 e. The molecule has 0 radical (unpaired) electrons. The summed E-state index contributed by atoms with van der Waals surface area (Å²) in [4.78, 5) is 13.3. The SMILES string of the molecule is COC(=O)C(C)NCC(O)CN1CCOCC1. The number of hydrogen-bond acceptors (Lipinski definition) is 6. The van der Waals surface area contributed by atoms with Crippen LogP contribution < -0.4 is 5.32 Å². The van der Waals surface area contributed by atoms with Gasteiger partial charge in [0.15, 0.2) is 0 Å². The van der Waals surface area contributed by atoms with Gasteiger partial charge in [0.2, 0.25) is 0 Å². The molecule has 17 heavy (non-hydrogen) atoms. The summed E-state index contributed by atoms with van der Waals surface area (Å²) in [6, 6.07) is -0.390. The van der Waals surface area contributed by atoms with Crippen LogP contribution in [0.1, 0.15) is 6.92 Å². The second kappa shape index (κ2) is 7.60. The average molecular weight is 246 g/mol. The maximum Gasteiger partial charge on any atom is 0.322 e. The normalized spacial score (nSPS) is 20.9. The number of nitrogens with zero attached hydrogens (tertiary/aromatic N) is 1. The summed E-state index contributed by atoms with van der Waals surface area (Å²) in [7, 11) is 1.35. The Morgan fingerprint density at radius 1 is 1.53 bits per heavy atom. The lowest BCUT2D eigenvalue weighted by Crippen LogP contribution is -2.46. The monoisotopic (exact) mass is 246 g/mol. The van der Waals surface area contributed by atoms with E-state index in [1.54, 1.807) is 6.92 Å². The molecule has 1 heterocycles. The fourth-order valence-electron chi connectivity index (χ4n) is 1.72. The zero-order valence-electron chi connectivity index (χ0n) is 10.5. The summed E-state index contributed by atoms with van der Waals surface area (Å²) >= 11 is 0. The van der Waals surface area contributed by atoms with Crippen molar-refractivity contribution in [2.24, 2.45) is 0 Å². The lowest BCUT2D eigenvalue weighted by Gasteiger charge is -2.28. The number of ether oxygens (including phenoxy) is 2.